The first-order valence-corrected chi connectivity index (χ1v) is 6.21. The second kappa shape index (κ2) is 7.13. The van der Waals surface area contributed by atoms with E-state index in [4.69, 9.17) is 9.84 Å². The minimum absolute atomic E-state index is 0.365. The summed E-state index contributed by atoms with van der Waals surface area (Å²) in [4.78, 5) is 11.7. The lowest BCUT2D eigenvalue weighted by Gasteiger charge is -2.17. The molecule has 20 heavy (non-hydrogen) atoms. The van der Waals surface area contributed by atoms with Crippen LogP contribution in [0.3, 0.4) is 0 Å². The molecule has 100 valence electrons. The highest BCUT2D eigenvalue weighted by atomic mass is 16.5. The first-order valence-electron chi connectivity index (χ1n) is 6.21. The summed E-state index contributed by atoms with van der Waals surface area (Å²) in [6.07, 6.45) is -0.502. The highest BCUT2D eigenvalue weighted by molar-refractivity contribution is 5.88. The van der Waals surface area contributed by atoms with E-state index < -0.39 is 12.1 Å². The van der Waals surface area contributed by atoms with Gasteiger partial charge in [-0.1, -0.05) is 66.6 Å². The first-order chi connectivity index (χ1) is 9.81. The molecule has 0 saturated carbocycles. The first kappa shape index (κ1) is 13.9. The third kappa shape index (κ3) is 3.71. The topological polar surface area (TPSA) is 46.5 Å². The van der Waals surface area contributed by atoms with E-state index in [0.717, 1.165) is 11.1 Å². The second-order valence-electron chi connectivity index (χ2n) is 4.07. The van der Waals surface area contributed by atoms with Gasteiger partial charge in [0.05, 0.1) is 0 Å². The van der Waals surface area contributed by atoms with Gasteiger partial charge in [0.1, 0.15) is 6.61 Å². The maximum atomic E-state index is 11.7. The largest absolute Gasteiger partial charge is 0.443 e. The van der Waals surface area contributed by atoms with E-state index in [9.17, 15) is 4.79 Å². The molecule has 0 aliphatic rings. The smallest absolute Gasteiger partial charge is 0.385 e. The summed E-state index contributed by atoms with van der Waals surface area (Å²) in [6.45, 7) is -0.365. The van der Waals surface area contributed by atoms with Gasteiger partial charge in [0.25, 0.3) is 0 Å². The van der Waals surface area contributed by atoms with Crippen LogP contribution in [0, 0.1) is 11.8 Å². The van der Waals surface area contributed by atoms with E-state index in [-0.39, 0.29) is 6.61 Å². The minimum Gasteiger partial charge on any atom is -0.443 e. The lowest BCUT2D eigenvalue weighted by molar-refractivity contribution is -0.140. The SMILES string of the molecule is O=C(C#CCO)OC(c1ccccc1)c1ccccc1. The van der Waals surface area contributed by atoms with Gasteiger partial charge in [-0.25, -0.2) is 4.79 Å². The average molecular weight is 266 g/mol. The van der Waals surface area contributed by atoms with Crippen LogP contribution in [0.2, 0.25) is 0 Å². The number of rotatable bonds is 3. The van der Waals surface area contributed by atoms with E-state index in [0.29, 0.717) is 0 Å². The van der Waals surface area contributed by atoms with Crippen LogP contribution >= 0.6 is 0 Å². The van der Waals surface area contributed by atoms with Gasteiger partial charge >= 0.3 is 5.97 Å². The van der Waals surface area contributed by atoms with Crippen LogP contribution < -0.4 is 0 Å². The lowest BCUT2D eigenvalue weighted by atomic mass is 10.0. The van der Waals surface area contributed by atoms with Crippen LogP contribution in [-0.2, 0) is 9.53 Å². The molecule has 0 aliphatic carbocycles. The van der Waals surface area contributed by atoms with Crippen LogP contribution in [0.5, 0.6) is 0 Å². The van der Waals surface area contributed by atoms with Gasteiger partial charge in [0.2, 0.25) is 0 Å². The summed E-state index contributed by atoms with van der Waals surface area (Å²) in [7, 11) is 0. The normalized spacial score (nSPS) is 9.70. The maximum Gasteiger partial charge on any atom is 0.385 e. The molecular weight excluding hydrogens is 252 g/mol. The highest BCUT2D eigenvalue weighted by Gasteiger charge is 2.17. The van der Waals surface area contributed by atoms with Crippen molar-refractivity contribution in [3.63, 3.8) is 0 Å². The van der Waals surface area contributed by atoms with Crippen molar-refractivity contribution in [2.24, 2.45) is 0 Å². The molecule has 0 radical (unpaired) electrons. The Bertz CT molecular complexity index is 569. The fourth-order valence-corrected chi connectivity index (χ4v) is 1.83. The molecule has 3 heteroatoms. The van der Waals surface area contributed by atoms with E-state index in [1.54, 1.807) is 0 Å². The molecular formula is C17H14O3. The van der Waals surface area contributed by atoms with Crippen LogP contribution in [-0.4, -0.2) is 17.7 Å². The van der Waals surface area contributed by atoms with Crippen molar-refractivity contribution in [1.82, 2.24) is 0 Å². The predicted octanol–water partition coefficient (Wildman–Crippen LogP) is 2.31. The predicted molar refractivity (Wildman–Crippen MR) is 75.7 cm³/mol. The van der Waals surface area contributed by atoms with Crippen molar-refractivity contribution < 1.29 is 14.6 Å². The summed E-state index contributed by atoms with van der Waals surface area (Å²) in [5.74, 6) is 3.87. The van der Waals surface area contributed by atoms with E-state index >= 15 is 0 Å². The van der Waals surface area contributed by atoms with Crippen LogP contribution in [0.4, 0.5) is 0 Å². The number of hydrogen-bond acceptors (Lipinski definition) is 3. The third-order valence-electron chi connectivity index (χ3n) is 2.70. The molecule has 2 aromatic rings. The lowest BCUT2D eigenvalue weighted by Crippen LogP contribution is -2.11. The zero-order chi connectivity index (χ0) is 14.2. The molecule has 0 fully saturated rings. The zero-order valence-corrected chi connectivity index (χ0v) is 10.8. The monoisotopic (exact) mass is 266 g/mol. The number of hydrogen-bond donors (Lipinski definition) is 1. The van der Waals surface area contributed by atoms with E-state index in [1.165, 1.54) is 0 Å². The molecule has 1 N–H and O–H groups in total. The van der Waals surface area contributed by atoms with Gasteiger partial charge in [0.15, 0.2) is 6.10 Å². The summed E-state index contributed by atoms with van der Waals surface area (Å²) in [5, 5.41) is 8.60. The van der Waals surface area contributed by atoms with Crippen molar-refractivity contribution >= 4 is 5.97 Å². The summed E-state index contributed by atoms with van der Waals surface area (Å²) < 4.78 is 5.40. The number of esters is 1. The number of aliphatic hydroxyl groups is 1. The number of ether oxygens (including phenoxy) is 1. The van der Waals surface area contributed by atoms with Crippen molar-refractivity contribution in [2.45, 2.75) is 6.10 Å². The molecule has 0 saturated heterocycles. The van der Waals surface area contributed by atoms with Gasteiger partial charge in [-0.05, 0) is 11.1 Å². The second-order valence-corrected chi connectivity index (χ2v) is 4.07. The maximum absolute atomic E-state index is 11.7. The molecule has 0 amide bonds. The number of carbonyl (C=O) groups excluding carboxylic acids is 1. The molecule has 0 unspecified atom stereocenters. The van der Waals surface area contributed by atoms with E-state index in [1.807, 2.05) is 60.7 Å². The highest BCUT2D eigenvalue weighted by Crippen LogP contribution is 2.25. The Balaban J connectivity index is 2.28. The summed E-state index contributed by atoms with van der Waals surface area (Å²) >= 11 is 0. The minimum atomic E-state index is -0.656. The molecule has 0 heterocycles. The van der Waals surface area contributed by atoms with Gasteiger partial charge in [-0.3, -0.25) is 0 Å². The molecule has 0 bridgehead atoms. The van der Waals surface area contributed by atoms with Gasteiger partial charge in [-0.15, -0.1) is 0 Å². The van der Waals surface area contributed by atoms with Crippen molar-refractivity contribution in [3.8, 4) is 11.8 Å². The van der Waals surface area contributed by atoms with Crippen molar-refractivity contribution in [3.05, 3.63) is 71.8 Å². The number of carbonyl (C=O) groups is 1. The van der Waals surface area contributed by atoms with Crippen LogP contribution in [0.25, 0.3) is 0 Å². The number of aliphatic hydroxyl groups excluding tert-OH is 1. The molecule has 2 aromatic carbocycles. The Morgan fingerprint density at radius 3 is 1.95 bits per heavy atom. The average Bonchev–Trinajstić information content (AvgIpc) is 2.52. The Labute approximate surface area is 117 Å². The molecule has 0 spiro atoms. The molecule has 2 rings (SSSR count). The van der Waals surface area contributed by atoms with Crippen molar-refractivity contribution in [2.75, 3.05) is 6.61 Å². The quantitative estimate of drug-likeness (QED) is 0.527. The number of benzene rings is 2. The van der Waals surface area contributed by atoms with Gasteiger partial charge < -0.3 is 9.84 Å². The summed E-state index contributed by atoms with van der Waals surface area (Å²) in [5.41, 5.74) is 1.75. The van der Waals surface area contributed by atoms with Gasteiger partial charge in [-0.2, -0.15) is 0 Å². The molecule has 0 aromatic heterocycles. The Morgan fingerprint density at radius 1 is 1.00 bits per heavy atom. The molecule has 0 atom stereocenters. The third-order valence-corrected chi connectivity index (χ3v) is 2.70. The Hall–Kier alpha value is -2.57. The van der Waals surface area contributed by atoms with Crippen LogP contribution in [0.15, 0.2) is 60.7 Å². The van der Waals surface area contributed by atoms with Crippen molar-refractivity contribution in [1.29, 1.82) is 0 Å². The molecule has 3 nitrogen and oxygen atoms in total. The fourth-order valence-electron chi connectivity index (χ4n) is 1.83. The Morgan fingerprint density at radius 2 is 1.50 bits per heavy atom. The fraction of sp³-hybridized carbons (Fsp3) is 0.118. The zero-order valence-electron chi connectivity index (χ0n) is 10.8. The summed E-state index contributed by atoms with van der Waals surface area (Å²) in [6, 6.07) is 18.9. The van der Waals surface area contributed by atoms with Gasteiger partial charge in [0, 0.05) is 5.92 Å². The van der Waals surface area contributed by atoms with Crippen LogP contribution in [0.1, 0.15) is 17.2 Å². The Kier molecular flexibility index (Phi) is 4.94. The standard InChI is InChI=1S/C17H14O3/c18-13-7-12-16(19)20-17(14-8-3-1-4-9-14)15-10-5-2-6-11-15/h1-6,8-11,17-18H,13H2. The van der Waals surface area contributed by atoms with E-state index in [2.05, 4.69) is 11.8 Å². The molecule has 0 aliphatic heterocycles.